The van der Waals surface area contributed by atoms with Crippen molar-refractivity contribution in [2.75, 3.05) is 19.7 Å². The Balaban J connectivity index is 0.000000145. The van der Waals surface area contributed by atoms with Gasteiger partial charge in [-0.25, -0.2) is 4.99 Å². The van der Waals surface area contributed by atoms with E-state index in [0.29, 0.717) is 0 Å². The van der Waals surface area contributed by atoms with Crippen molar-refractivity contribution >= 4 is 6.34 Å². The first-order valence-electron chi connectivity index (χ1n) is 2.81. The molecule has 0 aromatic rings. The highest BCUT2D eigenvalue weighted by Crippen LogP contribution is 1.59. The van der Waals surface area contributed by atoms with Gasteiger partial charge in [-0.15, -0.1) is 6.61 Å². The van der Waals surface area contributed by atoms with Crippen molar-refractivity contribution in [1.82, 2.24) is 0 Å². The molecule has 3 nitrogen and oxygen atoms in total. The number of hydrogen-bond donors (Lipinski definition) is 1. The lowest BCUT2D eigenvalue weighted by Gasteiger charge is -1.79. The maximum atomic E-state index is 8.93. The number of aliphatic imine (C=N–C) groups is 1. The first-order chi connectivity index (χ1) is 3.91. The fourth-order valence-electron chi connectivity index (χ4n) is 0.373. The summed E-state index contributed by atoms with van der Waals surface area (Å²) in [6.45, 7) is 3.74. The summed E-state index contributed by atoms with van der Waals surface area (Å²) < 4.78 is 0. The van der Waals surface area contributed by atoms with E-state index in [1.807, 2.05) is 6.34 Å². The SMILES string of the molecule is C1=NCC[NH2+]1.CC[O-]. The molecule has 0 amide bonds. The third-order valence-electron chi connectivity index (χ3n) is 0.636. The van der Waals surface area contributed by atoms with E-state index >= 15 is 0 Å². The van der Waals surface area contributed by atoms with Gasteiger partial charge < -0.3 is 10.4 Å². The zero-order chi connectivity index (χ0) is 6.24. The summed E-state index contributed by atoms with van der Waals surface area (Å²) in [6.07, 6.45) is 1.86. The van der Waals surface area contributed by atoms with Gasteiger partial charge in [0.2, 0.25) is 0 Å². The zero-order valence-electron chi connectivity index (χ0n) is 5.13. The molecule has 0 bridgehead atoms. The minimum absolute atomic E-state index is 0. The molecule has 8 heavy (non-hydrogen) atoms. The molecule has 48 valence electrons. The lowest BCUT2D eigenvalue weighted by atomic mass is 10.7. The Morgan fingerprint density at radius 2 is 2.50 bits per heavy atom. The Kier molecular flexibility index (Phi) is 6.25. The maximum absolute atomic E-state index is 8.93. The molecule has 1 heterocycles. The predicted octanol–water partition coefficient (Wildman–Crippen LogP) is -2.04. The summed E-state index contributed by atoms with van der Waals surface area (Å²) in [5.74, 6) is 0. The van der Waals surface area contributed by atoms with Crippen LogP contribution in [0.2, 0.25) is 0 Å². The number of quaternary nitrogens is 1. The summed E-state index contributed by atoms with van der Waals surface area (Å²) in [6, 6.07) is 0. The summed E-state index contributed by atoms with van der Waals surface area (Å²) in [5.41, 5.74) is 0. The number of rotatable bonds is 0. The Morgan fingerprint density at radius 3 is 2.62 bits per heavy atom. The topological polar surface area (TPSA) is 52.0 Å². The fraction of sp³-hybridized carbons (Fsp3) is 0.800. The molecule has 1 aliphatic heterocycles. The minimum atomic E-state index is 0. The van der Waals surface area contributed by atoms with E-state index in [9.17, 15) is 0 Å². The predicted molar refractivity (Wildman–Crippen MR) is 30.7 cm³/mol. The fourth-order valence-corrected chi connectivity index (χ4v) is 0.373. The van der Waals surface area contributed by atoms with E-state index in [1.165, 1.54) is 0 Å². The van der Waals surface area contributed by atoms with Crippen molar-refractivity contribution in [3.63, 3.8) is 0 Å². The molecule has 0 aromatic carbocycles. The molecule has 0 saturated carbocycles. The van der Waals surface area contributed by atoms with Crippen LogP contribution in [-0.2, 0) is 0 Å². The molecule has 0 unspecified atom stereocenters. The van der Waals surface area contributed by atoms with E-state index in [4.69, 9.17) is 5.11 Å². The summed E-state index contributed by atoms with van der Waals surface area (Å²) in [7, 11) is 0. The number of nitrogens with two attached hydrogens (primary N) is 1. The lowest BCUT2D eigenvalue weighted by molar-refractivity contribution is -0.518. The van der Waals surface area contributed by atoms with Crippen LogP contribution in [0.4, 0.5) is 0 Å². The summed E-state index contributed by atoms with van der Waals surface area (Å²) in [5, 5.41) is 11.0. The smallest absolute Gasteiger partial charge is 0.182 e. The molecule has 3 heteroatoms. The molecule has 0 aromatic heterocycles. The first kappa shape index (κ1) is 7.59. The van der Waals surface area contributed by atoms with Crippen LogP contribution in [0.5, 0.6) is 0 Å². The monoisotopic (exact) mass is 116 g/mol. The molecule has 0 saturated heterocycles. The molecule has 0 fully saturated rings. The van der Waals surface area contributed by atoms with Crippen LogP contribution in [0, 0.1) is 0 Å². The van der Waals surface area contributed by atoms with Crippen molar-refractivity contribution in [3.05, 3.63) is 0 Å². The third-order valence-corrected chi connectivity index (χ3v) is 0.636. The van der Waals surface area contributed by atoms with Crippen LogP contribution in [0.15, 0.2) is 4.99 Å². The molecule has 0 spiro atoms. The second-order valence-electron chi connectivity index (χ2n) is 1.37. The molecule has 0 radical (unpaired) electrons. The van der Waals surface area contributed by atoms with Crippen molar-refractivity contribution in [3.8, 4) is 0 Å². The molecule has 0 atom stereocenters. The highest BCUT2D eigenvalue weighted by atomic mass is 16.2. The van der Waals surface area contributed by atoms with Crippen molar-refractivity contribution in [2.24, 2.45) is 4.99 Å². The van der Waals surface area contributed by atoms with Crippen molar-refractivity contribution in [1.29, 1.82) is 0 Å². The largest absolute Gasteiger partial charge is 0.855 e. The van der Waals surface area contributed by atoms with Crippen LogP contribution < -0.4 is 10.4 Å². The van der Waals surface area contributed by atoms with E-state index in [2.05, 4.69) is 10.3 Å². The maximum Gasteiger partial charge on any atom is 0.182 e. The normalized spacial score (nSPS) is 15.2. The van der Waals surface area contributed by atoms with Gasteiger partial charge in [-0.05, 0) is 0 Å². The van der Waals surface area contributed by atoms with Crippen LogP contribution in [0.3, 0.4) is 0 Å². The number of hydrogen-bond acceptors (Lipinski definition) is 2. The van der Waals surface area contributed by atoms with E-state index in [1.54, 1.807) is 6.92 Å². The van der Waals surface area contributed by atoms with Gasteiger partial charge in [-0.1, -0.05) is 6.92 Å². The van der Waals surface area contributed by atoms with E-state index in [-0.39, 0.29) is 6.61 Å². The van der Waals surface area contributed by atoms with Gasteiger partial charge in [0.15, 0.2) is 6.34 Å². The van der Waals surface area contributed by atoms with Gasteiger partial charge in [0.05, 0.1) is 6.54 Å². The minimum Gasteiger partial charge on any atom is -0.855 e. The standard InChI is InChI=1S/C3H6N2.C2H5O/c1-2-5-3-4-1;1-2-3/h3H,1-2H2,(H,4,5);2H2,1H3/q;-1/p+1. The average molecular weight is 116 g/mol. The van der Waals surface area contributed by atoms with Crippen LogP contribution in [0.25, 0.3) is 0 Å². The zero-order valence-corrected chi connectivity index (χ0v) is 5.13. The second-order valence-corrected chi connectivity index (χ2v) is 1.37. The molecule has 0 aliphatic carbocycles. The third kappa shape index (κ3) is 5.59. The summed E-state index contributed by atoms with van der Waals surface area (Å²) in [4.78, 5) is 3.90. The number of nitrogens with zero attached hydrogens (tertiary/aromatic N) is 1. The molecular formula is C5H12N2O. The molecule has 2 N–H and O–H groups in total. The lowest BCUT2D eigenvalue weighted by Crippen LogP contribution is -2.80. The van der Waals surface area contributed by atoms with Crippen LogP contribution >= 0.6 is 0 Å². The molecular weight excluding hydrogens is 104 g/mol. The Hall–Kier alpha value is -0.410. The molecule has 1 aliphatic rings. The van der Waals surface area contributed by atoms with Gasteiger partial charge in [-0.2, -0.15) is 0 Å². The van der Waals surface area contributed by atoms with Gasteiger partial charge in [-0.3, -0.25) is 0 Å². The molecule has 1 rings (SSSR count). The summed E-state index contributed by atoms with van der Waals surface area (Å²) >= 11 is 0. The second kappa shape index (κ2) is 6.59. The van der Waals surface area contributed by atoms with E-state index < -0.39 is 0 Å². The van der Waals surface area contributed by atoms with Crippen molar-refractivity contribution < 1.29 is 10.4 Å². The van der Waals surface area contributed by atoms with Gasteiger partial charge in [0, 0.05) is 0 Å². The Bertz CT molecular complexity index is 57.4. The van der Waals surface area contributed by atoms with Crippen molar-refractivity contribution in [2.45, 2.75) is 6.92 Å². The van der Waals surface area contributed by atoms with E-state index in [0.717, 1.165) is 13.1 Å². The quantitative estimate of drug-likeness (QED) is 0.389. The highest BCUT2D eigenvalue weighted by Gasteiger charge is 1.88. The average Bonchev–Trinajstić information content (AvgIpc) is 2.17. The Morgan fingerprint density at radius 1 is 1.88 bits per heavy atom. The highest BCUT2D eigenvalue weighted by molar-refractivity contribution is 5.42. The van der Waals surface area contributed by atoms with Gasteiger partial charge in [0.25, 0.3) is 0 Å². The van der Waals surface area contributed by atoms with Crippen LogP contribution in [-0.4, -0.2) is 26.0 Å². The Labute approximate surface area is 49.4 Å². The van der Waals surface area contributed by atoms with Gasteiger partial charge >= 0.3 is 0 Å². The van der Waals surface area contributed by atoms with Gasteiger partial charge in [0.1, 0.15) is 6.54 Å². The van der Waals surface area contributed by atoms with Crippen LogP contribution in [0.1, 0.15) is 6.92 Å². The first-order valence-corrected chi connectivity index (χ1v) is 2.81.